The molecule has 1 aliphatic rings. The predicted octanol–water partition coefficient (Wildman–Crippen LogP) is 3.82. The molecule has 1 aromatic rings. The first-order valence-corrected chi connectivity index (χ1v) is 6.70. The van der Waals surface area contributed by atoms with E-state index in [2.05, 4.69) is 44.8 Å². The number of aryl methyl sites for hydroxylation is 1. The van der Waals surface area contributed by atoms with Crippen molar-refractivity contribution in [2.24, 2.45) is 17.3 Å². The van der Waals surface area contributed by atoms with E-state index in [1.165, 1.54) is 17.5 Å². The summed E-state index contributed by atoms with van der Waals surface area (Å²) in [5.74, 6) is 2.05. The van der Waals surface area contributed by atoms with Gasteiger partial charge < -0.3 is 0 Å². The summed E-state index contributed by atoms with van der Waals surface area (Å²) in [7, 11) is 0. The van der Waals surface area contributed by atoms with Gasteiger partial charge in [0.05, 0.1) is 12.4 Å². The Hall–Kier alpha value is -0.920. The van der Waals surface area contributed by atoms with Gasteiger partial charge in [-0.05, 0) is 47.1 Å². The molecule has 94 valence electrons. The van der Waals surface area contributed by atoms with Gasteiger partial charge in [0.25, 0.3) is 0 Å². The Balaban J connectivity index is 2.43. The predicted molar refractivity (Wildman–Crippen MR) is 70.9 cm³/mol. The highest BCUT2D eigenvalue weighted by atomic mass is 15.1. The summed E-state index contributed by atoms with van der Waals surface area (Å²) >= 11 is 0. The minimum atomic E-state index is 0.371. The van der Waals surface area contributed by atoms with E-state index >= 15 is 0 Å². The van der Waals surface area contributed by atoms with Crippen LogP contribution in [0, 0.1) is 17.3 Å². The number of rotatable bonds is 1. The van der Waals surface area contributed by atoms with Gasteiger partial charge in [-0.1, -0.05) is 34.6 Å². The zero-order valence-electron chi connectivity index (χ0n) is 11.7. The highest BCUT2D eigenvalue weighted by Gasteiger charge is 2.38. The molecule has 0 fully saturated rings. The topological polar surface area (TPSA) is 25.8 Å². The molecular weight excluding hydrogens is 208 g/mol. The van der Waals surface area contributed by atoms with Crippen LogP contribution >= 0.6 is 0 Å². The fourth-order valence-corrected chi connectivity index (χ4v) is 3.37. The second kappa shape index (κ2) is 4.40. The molecule has 2 nitrogen and oxygen atoms in total. The number of fused-ring (bicyclic) bond motifs is 1. The molecule has 0 radical (unpaired) electrons. The van der Waals surface area contributed by atoms with Crippen molar-refractivity contribution in [3.05, 3.63) is 23.5 Å². The molecule has 1 aromatic heterocycles. The van der Waals surface area contributed by atoms with Crippen LogP contribution in [-0.4, -0.2) is 10.2 Å². The highest BCUT2D eigenvalue weighted by molar-refractivity contribution is 5.29. The smallest absolute Gasteiger partial charge is 0.0534 e. The van der Waals surface area contributed by atoms with E-state index in [0.29, 0.717) is 17.3 Å². The Morgan fingerprint density at radius 3 is 2.41 bits per heavy atom. The van der Waals surface area contributed by atoms with E-state index in [1.54, 1.807) is 0 Å². The summed E-state index contributed by atoms with van der Waals surface area (Å²) in [6.45, 7) is 11.8. The minimum absolute atomic E-state index is 0.371. The molecule has 1 aliphatic carbocycles. The van der Waals surface area contributed by atoms with E-state index in [-0.39, 0.29) is 0 Å². The van der Waals surface area contributed by atoms with Crippen LogP contribution in [0.1, 0.15) is 58.1 Å². The number of nitrogens with zero attached hydrogens (tertiary/aromatic N) is 2. The van der Waals surface area contributed by atoms with Gasteiger partial charge >= 0.3 is 0 Å². The van der Waals surface area contributed by atoms with Gasteiger partial charge in [-0.2, -0.15) is 10.2 Å². The SMILES string of the molecule is CC(C)C1c2cnncc2CC[C@H]1C(C)(C)C. The number of hydrogen-bond acceptors (Lipinski definition) is 2. The zero-order chi connectivity index (χ0) is 12.6. The summed E-state index contributed by atoms with van der Waals surface area (Å²) in [6, 6.07) is 0. The van der Waals surface area contributed by atoms with E-state index in [9.17, 15) is 0 Å². The molecule has 2 atom stereocenters. The third-order valence-electron chi connectivity index (χ3n) is 4.20. The maximum absolute atomic E-state index is 4.10. The monoisotopic (exact) mass is 232 g/mol. The van der Waals surface area contributed by atoms with Gasteiger partial charge in [-0.25, -0.2) is 0 Å². The summed E-state index contributed by atoms with van der Waals surface area (Å²) < 4.78 is 0. The van der Waals surface area contributed by atoms with Crippen molar-refractivity contribution in [3.8, 4) is 0 Å². The van der Waals surface area contributed by atoms with Crippen molar-refractivity contribution < 1.29 is 0 Å². The third kappa shape index (κ3) is 2.36. The van der Waals surface area contributed by atoms with Crippen LogP contribution in [0.5, 0.6) is 0 Å². The van der Waals surface area contributed by atoms with Crippen molar-refractivity contribution in [2.75, 3.05) is 0 Å². The van der Waals surface area contributed by atoms with Crippen LogP contribution in [0.25, 0.3) is 0 Å². The first-order chi connectivity index (χ1) is 7.91. The Labute approximate surface area is 105 Å². The first-order valence-electron chi connectivity index (χ1n) is 6.70. The lowest BCUT2D eigenvalue weighted by molar-refractivity contribution is 0.149. The quantitative estimate of drug-likeness (QED) is 0.735. The summed E-state index contributed by atoms with van der Waals surface area (Å²) in [5.41, 5.74) is 3.23. The van der Waals surface area contributed by atoms with Gasteiger partial charge in [-0.15, -0.1) is 0 Å². The number of hydrogen-bond donors (Lipinski definition) is 0. The van der Waals surface area contributed by atoms with Crippen LogP contribution in [0.3, 0.4) is 0 Å². The molecule has 1 heterocycles. The largest absolute Gasteiger partial charge is 0.159 e. The maximum atomic E-state index is 4.10. The Morgan fingerprint density at radius 2 is 1.82 bits per heavy atom. The van der Waals surface area contributed by atoms with Gasteiger partial charge in [-0.3, -0.25) is 0 Å². The van der Waals surface area contributed by atoms with Gasteiger partial charge in [0.2, 0.25) is 0 Å². The molecule has 0 amide bonds. The van der Waals surface area contributed by atoms with Crippen LogP contribution < -0.4 is 0 Å². The van der Waals surface area contributed by atoms with Crippen molar-refractivity contribution in [1.82, 2.24) is 10.2 Å². The zero-order valence-corrected chi connectivity index (χ0v) is 11.7. The molecule has 1 unspecified atom stereocenters. The first kappa shape index (κ1) is 12.5. The van der Waals surface area contributed by atoms with E-state index in [4.69, 9.17) is 0 Å². The fraction of sp³-hybridized carbons (Fsp3) is 0.733. The fourth-order valence-electron chi connectivity index (χ4n) is 3.37. The second-order valence-electron chi connectivity index (χ2n) is 6.75. The van der Waals surface area contributed by atoms with Gasteiger partial charge in [0.15, 0.2) is 0 Å². The van der Waals surface area contributed by atoms with Crippen molar-refractivity contribution >= 4 is 0 Å². The Kier molecular flexibility index (Phi) is 3.24. The Morgan fingerprint density at radius 1 is 1.18 bits per heavy atom. The minimum Gasteiger partial charge on any atom is -0.159 e. The number of aromatic nitrogens is 2. The van der Waals surface area contributed by atoms with E-state index in [0.717, 1.165) is 12.3 Å². The molecule has 0 saturated heterocycles. The van der Waals surface area contributed by atoms with Crippen LogP contribution in [0.2, 0.25) is 0 Å². The lowest BCUT2D eigenvalue weighted by Crippen LogP contribution is -2.34. The van der Waals surface area contributed by atoms with E-state index in [1.807, 2.05) is 12.4 Å². The molecular formula is C15H24N2. The third-order valence-corrected chi connectivity index (χ3v) is 4.20. The Bertz CT molecular complexity index is 390. The summed E-state index contributed by atoms with van der Waals surface area (Å²) in [4.78, 5) is 0. The lowest BCUT2D eigenvalue weighted by atomic mass is 9.62. The maximum Gasteiger partial charge on any atom is 0.0534 e. The molecule has 0 aliphatic heterocycles. The normalized spacial score (nSPS) is 24.8. The van der Waals surface area contributed by atoms with Crippen LogP contribution in [0.4, 0.5) is 0 Å². The average molecular weight is 232 g/mol. The van der Waals surface area contributed by atoms with Gasteiger partial charge in [0.1, 0.15) is 0 Å². The molecule has 0 N–H and O–H groups in total. The molecule has 0 bridgehead atoms. The molecule has 2 heteroatoms. The van der Waals surface area contributed by atoms with Gasteiger partial charge in [0, 0.05) is 0 Å². The van der Waals surface area contributed by atoms with Crippen molar-refractivity contribution in [3.63, 3.8) is 0 Å². The second-order valence-corrected chi connectivity index (χ2v) is 6.75. The van der Waals surface area contributed by atoms with Crippen molar-refractivity contribution in [2.45, 2.75) is 53.4 Å². The molecule has 0 saturated carbocycles. The van der Waals surface area contributed by atoms with Crippen LogP contribution in [0.15, 0.2) is 12.4 Å². The highest BCUT2D eigenvalue weighted by Crippen LogP contribution is 2.48. The standard InChI is InChI=1S/C15H24N2/c1-10(2)14-12-9-17-16-8-11(12)6-7-13(14)15(3,4)5/h8-10,13-14H,6-7H2,1-5H3/t13-,14?/m1/s1. The summed E-state index contributed by atoms with van der Waals surface area (Å²) in [6.07, 6.45) is 6.41. The van der Waals surface area contributed by atoms with Crippen molar-refractivity contribution in [1.29, 1.82) is 0 Å². The van der Waals surface area contributed by atoms with Crippen LogP contribution in [-0.2, 0) is 6.42 Å². The summed E-state index contributed by atoms with van der Waals surface area (Å²) in [5, 5.41) is 8.13. The molecule has 0 spiro atoms. The lowest BCUT2D eigenvalue weighted by Gasteiger charge is -2.43. The molecule has 17 heavy (non-hydrogen) atoms. The van der Waals surface area contributed by atoms with E-state index < -0.39 is 0 Å². The molecule has 2 rings (SSSR count). The molecule has 0 aromatic carbocycles. The average Bonchev–Trinajstić information content (AvgIpc) is 2.26.